The average Bonchev–Trinajstić information content (AvgIpc) is 2.88. The van der Waals surface area contributed by atoms with Gasteiger partial charge in [0.1, 0.15) is 6.04 Å². The maximum Gasteiger partial charge on any atom is 0.328 e. The van der Waals surface area contributed by atoms with E-state index in [9.17, 15) is 9.59 Å². The van der Waals surface area contributed by atoms with E-state index < -0.39 is 0 Å². The highest BCUT2D eigenvalue weighted by molar-refractivity contribution is 5.84. The Morgan fingerprint density at radius 1 is 1.16 bits per heavy atom. The Bertz CT molecular complexity index is 338. The molecule has 2 aliphatic rings. The number of hydrogen-bond donors (Lipinski definition) is 0. The van der Waals surface area contributed by atoms with Crippen molar-refractivity contribution in [3.63, 3.8) is 0 Å². The summed E-state index contributed by atoms with van der Waals surface area (Å²) < 4.78 is 5.06. The number of rotatable bonds is 2. The van der Waals surface area contributed by atoms with Gasteiger partial charge < -0.3 is 14.5 Å². The summed E-state index contributed by atoms with van der Waals surface area (Å²) in [4.78, 5) is 27.9. The van der Waals surface area contributed by atoms with Gasteiger partial charge >= 0.3 is 12.0 Å². The number of hydrogen-bond acceptors (Lipinski definition) is 3. The van der Waals surface area contributed by atoms with Crippen LogP contribution in [0.3, 0.4) is 0 Å². The summed E-state index contributed by atoms with van der Waals surface area (Å²) >= 11 is 0. The molecule has 108 valence electrons. The van der Waals surface area contributed by atoms with Crippen LogP contribution in [0.5, 0.6) is 0 Å². The van der Waals surface area contributed by atoms with E-state index >= 15 is 0 Å². The predicted molar refractivity (Wildman–Crippen MR) is 71.7 cm³/mol. The van der Waals surface area contributed by atoms with Gasteiger partial charge in [-0.2, -0.15) is 0 Å². The van der Waals surface area contributed by atoms with Crippen molar-refractivity contribution < 1.29 is 14.3 Å². The van der Waals surface area contributed by atoms with Crippen LogP contribution in [0.4, 0.5) is 4.79 Å². The van der Waals surface area contributed by atoms with Crippen molar-refractivity contribution in [2.24, 2.45) is 5.92 Å². The van der Waals surface area contributed by atoms with Crippen LogP contribution in [0.1, 0.15) is 39.5 Å². The lowest BCUT2D eigenvalue weighted by Gasteiger charge is -2.35. The van der Waals surface area contributed by atoms with Gasteiger partial charge in [-0.05, 0) is 38.5 Å². The third-order valence-electron chi connectivity index (χ3n) is 4.11. The maximum atomic E-state index is 12.5. The first-order chi connectivity index (χ1) is 9.13. The van der Waals surface area contributed by atoms with Crippen LogP contribution in [0.15, 0.2) is 0 Å². The fourth-order valence-electron chi connectivity index (χ4n) is 2.86. The molecule has 5 nitrogen and oxygen atoms in total. The normalized spacial score (nSPS) is 24.6. The molecule has 1 atom stereocenters. The summed E-state index contributed by atoms with van der Waals surface area (Å²) in [5, 5.41) is 0. The Kier molecular flexibility index (Phi) is 4.66. The molecule has 0 aromatic heterocycles. The van der Waals surface area contributed by atoms with Gasteiger partial charge in [0, 0.05) is 19.6 Å². The van der Waals surface area contributed by atoms with E-state index in [0.29, 0.717) is 19.1 Å². The SMILES string of the molecule is CCOC(=O)C1CCCN1C(=O)N1CCC(C)CC1. The van der Waals surface area contributed by atoms with E-state index in [1.807, 2.05) is 4.90 Å². The first kappa shape index (κ1) is 14.2. The van der Waals surface area contributed by atoms with Gasteiger partial charge in [-0.25, -0.2) is 9.59 Å². The van der Waals surface area contributed by atoms with E-state index in [2.05, 4.69) is 6.92 Å². The lowest BCUT2D eigenvalue weighted by Crippen LogP contribution is -2.50. The highest BCUT2D eigenvalue weighted by Gasteiger charge is 2.37. The zero-order chi connectivity index (χ0) is 13.8. The van der Waals surface area contributed by atoms with Crippen LogP contribution >= 0.6 is 0 Å². The van der Waals surface area contributed by atoms with Gasteiger partial charge in [0.05, 0.1) is 6.61 Å². The third kappa shape index (κ3) is 3.19. The summed E-state index contributed by atoms with van der Waals surface area (Å²) in [7, 11) is 0. The van der Waals surface area contributed by atoms with Gasteiger partial charge in [-0.3, -0.25) is 0 Å². The molecule has 0 aliphatic carbocycles. The van der Waals surface area contributed by atoms with E-state index in [1.54, 1.807) is 11.8 Å². The van der Waals surface area contributed by atoms with Crippen LogP contribution in [0.2, 0.25) is 0 Å². The molecule has 2 heterocycles. The molecule has 0 aromatic rings. The zero-order valence-electron chi connectivity index (χ0n) is 11.9. The quantitative estimate of drug-likeness (QED) is 0.718. The molecule has 0 N–H and O–H groups in total. The van der Waals surface area contributed by atoms with Gasteiger partial charge in [0.15, 0.2) is 0 Å². The molecule has 0 radical (unpaired) electrons. The maximum absolute atomic E-state index is 12.5. The summed E-state index contributed by atoms with van der Waals surface area (Å²) in [5.74, 6) is 0.446. The number of likely N-dealkylation sites (tertiary alicyclic amines) is 2. The highest BCUT2D eigenvalue weighted by Crippen LogP contribution is 2.23. The van der Waals surface area contributed by atoms with Crippen molar-refractivity contribution in [2.45, 2.75) is 45.6 Å². The van der Waals surface area contributed by atoms with Crippen molar-refractivity contribution >= 4 is 12.0 Å². The molecule has 2 fully saturated rings. The lowest BCUT2D eigenvalue weighted by molar-refractivity contribution is -0.147. The Labute approximate surface area is 114 Å². The summed E-state index contributed by atoms with van der Waals surface area (Å²) in [6.07, 6.45) is 3.74. The molecule has 2 rings (SSSR count). The molecular weight excluding hydrogens is 244 g/mol. The minimum atomic E-state index is -0.369. The van der Waals surface area contributed by atoms with Crippen LogP contribution in [-0.4, -0.2) is 54.1 Å². The Morgan fingerprint density at radius 3 is 2.47 bits per heavy atom. The van der Waals surface area contributed by atoms with Crippen molar-refractivity contribution in [2.75, 3.05) is 26.2 Å². The smallest absolute Gasteiger partial charge is 0.328 e. The first-order valence-electron chi connectivity index (χ1n) is 7.35. The highest BCUT2D eigenvalue weighted by atomic mass is 16.5. The van der Waals surface area contributed by atoms with Crippen molar-refractivity contribution in [3.8, 4) is 0 Å². The number of amides is 2. The number of urea groups is 1. The fraction of sp³-hybridized carbons (Fsp3) is 0.857. The average molecular weight is 268 g/mol. The fourth-order valence-corrected chi connectivity index (χ4v) is 2.86. The van der Waals surface area contributed by atoms with Crippen LogP contribution < -0.4 is 0 Å². The van der Waals surface area contributed by atoms with Gasteiger partial charge in [-0.1, -0.05) is 6.92 Å². The number of ether oxygens (including phenoxy) is 1. The minimum Gasteiger partial charge on any atom is -0.464 e. The number of carbonyl (C=O) groups is 2. The summed E-state index contributed by atoms with van der Waals surface area (Å²) in [6, 6.07) is -0.353. The number of esters is 1. The molecule has 2 amide bonds. The van der Waals surface area contributed by atoms with Gasteiger partial charge in [0.2, 0.25) is 0 Å². The van der Waals surface area contributed by atoms with E-state index in [-0.39, 0.29) is 18.0 Å². The topological polar surface area (TPSA) is 49.9 Å². The van der Waals surface area contributed by atoms with Crippen molar-refractivity contribution in [1.29, 1.82) is 0 Å². The van der Waals surface area contributed by atoms with Gasteiger partial charge in [0.25, 0.3) is 0 Å². The molecule has 0 bridgehead atoms. The molecule has 19 heavy (non-hydrogen) atoms. The Morgan fingerprint density at radius 2 is 1.84 bits per heavy atom. The van der Waals surface area contributed by atoms with E-state index in [1.165, 1.54) is 0 Å². The molecule has 0 spiro atoms. The monoisotopic (exact) mass is 268 g/mol. The summed E-state index contributed by atoms with van der Waals surface area (Å²) in [6.45, 7) is 6.69. The Hall–Kier alpha value is -1.26. The second kappa shape index (κ2) is 6.26. The zero-order valence-corrected chi connectivity index (χ0v) is 11.9. The third-order valence-corrected chi connectivity index (χ3v) is 4.11. The van der Waals surface area contributed by atoms with Crippen LogP contribution in [0.25, 0.3) is 0 Å². The molecule has 0 saturated carbocycles. The molecule has 5 heteroatoms. The van der Waals surface area contributed by atoms with Crippen molar-refractivity contribution in [3.05, 3.63) is 0 Å². The lowest BCUT2D eigenvalue weighted by atomic mass is 9.99. The molecular formula is C14H24N2O3. The number of piperidine rings is 1. The van der Waals surface area contributed by atoms with E-state index in [0.717, 1.165) is 38.8 Å². The van der Waals surface area contributed by atoms with Crippen molar-refractivity contribution in [1.82, 2.24) is 9.80 Å². The predicted octanol–water partition coefficient (Wildman–Crippen LogP) is 1.87. The first-order valence-corrected chi connectivity index (χ1v) is 7.35. The number of nitrogens with zero attached hydrogens (tertiary/aromatic N) is 2. The van der Waals surface area contributed by atoms with Gasteiger partial charge in [-0.15, -0.1) is 0 Å². The second-order valence-electron chi connectivity index (χ2n) is 5.56. The largest absolute Gasteiger partial charge is 0.464 e. The standard InChI is InChI=1S/C14H24N2O3/c1-3-19-13(17)12-5-4-8-16(12)14(18)15-9-6-11(2)7-10-15/h11-12H,3-10H2,1-2H3. The van der Waals surface area contributed by atoms with Crippen LogP contribution in [-0.2, 0) is 9.53 Å². The molecule has 0 aromatic carbocycles. The molecule has 2 saturated heterocycles. The minimum absolute atomic E-state index is 0.0162. The second-order valence-corrected chi connectivity index (χ2v) is 5.56. The summed E-state index contributed by atoms with van der Waals surface area (Å²) in [5.41, 5.74) is 0. The van der Waals surface area contributed by atoms with E-state index in [4.69, 9.17) is 4.74 Å². The van der Waals surface area contributed by atoms with Crippen LogP contribution in [0, 0.1) is 5.92 Å². The number of carbonyl (C=O) groups excluding carboxylic acids is 2. The molecule has 1 unspecified atom stereocenters. The Balaban J connectivity index is 1.95. The molecule has 2 aliphatic heterocycles.